The maximum absolute atomic E-state index is 6.10. The molecule has 0 bridgehead atoms. The van der Waals surface area contributed by atoms with E-state index in [0.717, 1.165) is 27.8 Å². The maximum atomic E-state index is 6.10. The van der Waals surface area contributed by atoms with Gasteiger partial charge < -0.3 is 0 Å². The van der Waals surface area contributed by atoms with Crippen LogP contribution in [0.15, 0.2) is 60.8 Å². The zero-order valence-corrected chi connectivity index (χ0v) is 11.2. The Kier molecular flexibility index (Phi) is 2.47. The fraction of sp³-hybridized carbons (Fsp3) is 0. The second-order valence-corrected chi connectivity index (χ2v) is 4.93. The summed E-state index contributed by atoms with van der Waals surface area (Å²) in [5.74, 6) is 0.803. The van der Waals surface area contributed by atoms with E-state index in [9.17, 15) is 0 Å². The zero-order valence-electron chi connectivity index (χ0n) is 10.5. The van der Waals surface area contributed by atoms with Gasteiger partial charge in [0.25, 0.3) is 0 Å². The predicted molar refractivity (Wildman–Crippen MR) is 80.9 cm³/mol. The summed E-state index contributed by atoms with van der Waals surface area (Å²) < 4.78 is 1.99. The van der Waals surface area contributed by atoms with E-state index in [2.05, 4.69) is 16.0 Å². The Labute approximate surface area is 120 Å². The molecule has 0 radical (unpaired) electrons. The molecule has 0 spiro atoms. The van der Waals surface area contributed by atoms with Gasteiger partial charge in [0.15, 0.2) is 0 Å². The van der Waals surface area contributed by atoms with Gasteiger partial charge in [-0.2, -0.15) is 9.97 Å². The highest BCUT2D eigenvalue weighted by atomic mass is 35.5. The minimum Gasteiger partial charge on any atom is -0.284 e. The highest BCUT2D eigenvalue weighted by Crippen LogP contribution is 2.26. The Morgan fingerprint density at radius 3 is 2.45 bits per heavy atom. The van der Waals surface area contributed by atoms with Gasteiger partial charge in [0, 0.05) is 22.5 Å². The lowest BCUT2D eigenvalue weighted by Crippen LogP contribution is -1.97. The van der Waals surface area contributed by atoms with Crippen LogP contribution in [0.2, 0.25) is 5.28 Å². The zero-order chi connectivity index (χ0) is 13.5. The average Bonchev–Trinajstić information content (AvgIpc) is 2.86. The molecule has 2 aromatic heterocycles. The van der Waals surface area contributed by atoms with Crippen molar-refractivity contribution in [2.75, 3.05) is 0 Å². The molecular weight excluding hydrogens is 270 g/mol. The fourth-order valence-corrected chi connectivity index (χ4v) is 2.62. The molecule has 96 valence electrons. The van der Waals surface area contributed by atoms with E-state index < -0.39 is 0 Å². The minimum absolute atomic E-state index is 0.264. The Hall–Kier alpha value is -2.39. The van der Waals surface area contributed by atoms with Crippen LogP contribution in [0.4, 0.5) is 0 Å². The van der Waals surface area contributed by atoms with Crippen molar-refractivity contribution in [2.45, 2.75) is 0 Å². The summed E-state index contributed by atoms with van der Waals surface area (Å²) in [4.78, 5) is 8.75. The molecule has 0 aliphatic heterocycles. The monoisotopic (exact) mass is 279 g/mol. The van der Waals surface area contributed by atoms with Crippen molar-refractivity contribution in [3.05, 3.63) is 66.1 Å². The van der Waals surface area contributed by atoms with Gasteiger partial charge in [0.2, 0.25) is 5.28 Å². The van der Waals surface area contributed by atoms with Gasteiger partial charge >= 0.3 is 0 Å². The van der Waals surface area contributed by atoms with E-state index in [-0.39, 0.29) is 5.28 Å². The summed E-state index contributed by atoms with van der Waals surface area (Å²) in [7, 11) is 0. The van der Waals surface area contributed by atoms with E-state index >= 15 is 0 Å². The molecule has 3 nitrogen and oxygen atoms in total. The lowest BCUT2D eigenvalue weighted by Gasteiger charge is -2.05. The first-order valence-electron chi connectivity index (χ1n) is 6.32. The Balaban J connectivity index is 2.16. The third-order valence-corrected chi connectivity index (χ3v) is 3.52. The average molecular weight is 280 g/mol. The first-order chi connectivity index (χ1) is 9.83. The largest absolute Gasteiger partial charge is 0.284 e. The molecule has 4 rings (SSSR count). The van der Waals surface area contributed by atoms with Gasteiger partial charge in [-0.15, -0.1) is 0 Å². The SMILES string of the molecule is Clc1nc(-c2ccccc2)n2cc3ccccc3c2n1. The highest BCUT2D eigenvalue weighted by Gasteiger charge is 2.11. The number of nitrogens with zero attached hydrogens (tertiary/aromatic N) is 3. The van der Waals surface area contributed by atoms with Gasteiger partial charge in [-0.3, -0.25) is 4.40 Å². The molecule has 2 aromatic carbocycles. The van der Waals surface area contributed by atoms with Crippen molar-refractivity contribution in [1.82, 2.24) is 14.4 Å². The topological polar surface area (TPSA) is 30.2 Å². The molecule has 0 N–H and O–H groups in total. The third kappa shape index (κ3) is 1.67. The van der Waals surface area contributed by atoms with Gasteiger partial charge in [-0.1, -0.05) is 54.6 Å². The molecule has 0 amide bonds. The molecule has 0 atom stereocenters. The normalized spacial score (nSPS) is 11.2. The van der Waals surface area contributed by atoms with Gasteiger partial charge in [-0.05, 0) is 11.6 Å². The van der Waals surface area contributed by atoms with Crippen molar-refractivity contribution < 1.29 is 0 Å². The number of hydrogen-bond donors (Lipinski definition) is 0. The third-order valence-electron chi connectivity index (χ3n) is 3.35. The quantitative estimate of drug-likeness (QED) is 0.523. The number of hydrogen-bond acceptors (Lipinski definition) is 2. The van der Waals surface area contributed by atoms with Crippen molar-refractivity contribution in [2.24, 2.45) is 0 Å². The van der Waals surface area contributed by atoms with Gasteiger partial charge in [-0.25, -0.2) is 0 Å². The molecule has 0 unspecified atom stereocenters. The van der Waals surface area contributed by atoms with Crippen LogP contribution in [0, 0.1) is 0 Å². The van der Waals surface area contributed by atoms with Crippen molar-refractivity contribution >= 4 is 28.0 Å². The van der Waals surface area contributed by atoms with E-state index in [1.807, 2.05) is 59.1 Å². The fourth-order valence-electron chi connectivity index (χ4n) is 2.46. The second kappa shape index (κ2) is 4.32. The van der Waals surface area contributed by atoms with E-state index in [4.69, 9.17) is 11.6 Å². The molecule has 4 aromatic rings. The Morgan fingerprint density at radius 2 is 1.60 bits per heavy atom. The second-order valence-electron chi connectivity index (χ2n) is 4.59. The first kappa shape index (κ1) is 11.4. The van der Waals surface area contributed by atoms with Crippen LogP contribution in [0.25, 0.3) is 27.8 Å². The molecule has 0 aliphatic carbocycles. The molecule has 0 fully saturated rings. The summed E-state index contributed by atoms with van der Waals surface area (Å²) >= 11 is 6.10. The van der Waals surface area contributed by atoms with Crippen molar-refractivity contribution in [3.8, 4) is 11.4 Å². The van der Waals surface area contributed by atoms with E-state index in [1.165, 1.54) is 0 Å². The standard InChI is InChI=1S/C16H10ClN3/c17-16-18-14(11-6-2-1-3-7-11)20-10-12-8-4-5-9-13(12)15(20)19-16/h1-10H. The van der Waals surface area contributed by atoms with Crippen LogP contribution in [0.5, 0.6) is 0 Å². The summed E-state index contributed by atoms with van der Waals surface area (Å²) in [6.45, 7) is 0. The molecule has 4 heteroatoms. The number of rotatable bonds is 1. The smallest absolute Gasteiger partial charge is 0.226 e. The molecular formula is C16H10ClN3. The predicted octanol–water partition coefficient (Wildman–Crippen LogP) is 4.20. The number of benzene rings is 2. The molecule has 20 heavy (non-hydrogen) atoms. The van der Waals surface area contributed by atoms with Crippen LogP contribution < -0.4 is 0 Å². The summed E-state index contributed by atoms with van der Waals surface area (Å²) in [5, 5.41) is 2.47. The highest BCUT2D eigenvalue weighted by molar-refractivity contribution is 6.28. The lowest BCUT2D eigenvalue weighted by molar-refractivity contribution is 1.04. The van der Waals surface area contributed by atoms with Gasteiger partial charge in [0.05, 0.1) is 0 Å². The molecule has 0 saturated carbocycles. The van der Waals surface area contributed by atoms with E-state index in [0.29, 0.717) is 0 Å². The van der Waals surface area contributed by atoms with Crippen LogP contribution in [0.3, 0.4) is 0 Å². The number of halogens is 1. The van der Waals surface area contributed by atoms with Crippen LogP contribution >= 0.6 is 11.6 Å². The molecule has 0 aliphatic rings. The summed E-state index contributed by atoms with van der Waals surface area (Å²) in [5.41, 5.74) is 1.85. The van der Waals surface area contributed by atoms with Crippen LogP contribution in [-0.4, -0.2) is 14.4 Å². The van der Waals surface area contributed by atoms with E-state index in [1.54, 1.807) is 0 Å². The maximum Gasteiger partial charge on any atom is 0.226 e. The Bertz CT molecular complexity index is 913. The number of aromatic nitrogens is 3. The Morgan fingerprint density at radius 1 is 0.850 bits per heavy atom. The molecule has 2 heterocycles. The minimum atomic E-state index is 0.264. The van der Waals surface area contributed by atoms with Crippen LogP contribution in [0.1, 0.15) is 0 Å². The summed E-state index contributed by atoms with van der Waals surface area (Å²) in [6, 6.07) is 18.1. The van der Waals surface area contributed by atoms with Crippen molar-refractivity contribution in [3.63, 3.8) is 0 Å². The summed E-state index contributed by atoms with van der Waals surface area (Å²) in [6.07, 6.45) is 2.04. The first-order valence-corrected chi connectivity index (χ1v) is 6.69. The van der Waals surface area contributed by atoms with Crippen molar-refractivity contribution in [1.29, 1.82) is 0 Å². The molecule has 0 saturated heterocycles. The van der Waals surface area contributed by atoms with Crippen LogP contribution in [-0.2, 0) is 0 Å². The number of fused-ring (bicyclic) bond motifs is 3. The lowest BCUT2D eigenvalue weighted by atomic mass is 10.2. The van der Waals surface area contributed by atoms with Gasteiger partial charge in [0.1, 0.15) is 11.5 Å².